The minimum Gasteiger partial charge on any atom is -0.283 e. The molecule has 0 saturated carbocycles. The Morgan fingerprint density at radius 2 is 1.86 bits per heavy atom. The summed E-state index contributed by atoms with van der Waals surface area (Å²) >= 11 is 9.08. The molecule has 35 heavy (non-hydrogen) atoms. The van der Waals surface area contributed by atoms with Gasteiger partial charge in [-0.1, -0.05) is 65.4 Å². The SMILES string of the molecule is Cc1ccc(Cl)c2sc(N(Cc3ccccc3)C(=O)C3CCN(S(=O)(=O)c4cccs4)CC3)nc12. The number of aryl methyl sites for hydroxylation is 1. The fourth-order valence-corrected chi connectivity index (χ4v) is 8.25. The second kappa shape index (κ2) is 9.99. The lowest BCUT2D eigenvalue weighted by Gasteiger charge is -2.32. The zero-order chi connectivity index (χ0) is 24.6. The Labute approximate surface area is 217 Å². The van der Waals surface area contributed by atoms with Gasteiger partial charge in [-0.3, -0.25) is 9.69 Å². The van der Waals surface area contributed by atoms with E-state index in [9.17, 15) is 13.2 Å². The third-order valence-corrected chi connectivity index (χ3v) is 11.1. The van der Waals surface area contributed by atoms with Gasteiger partial charge in [0.25, 0.3) is 10.0 Å². The Kier molecular flexibility index (Phi) is 6.96. The van der Waals surface area contributed by atoms with Gasteiger partial charge in [-0.2, -0.15) is 4.31 Å². The van der Waals surface area contributed by atoms with Crippen LogP contribution in [0.25, 0.3) is 10.2 Å². The first-order valence-corrected chi connectivity index (χ1v) is 14.8. The molecule has 0 radical (unpaired) electrons. The minimum atomic E-state index is -3.51. The van der Waals surface area contributed by atoms with Crippen LogP contribution in [-0.4, -0.2) is 36.7 Å². The van der Waals surface area contributed by atoms with Crippen LogP contribution in [0.5, 0.6) is 0 Å². The van der Waals surface area contributed by atoms with Crippen molar-refractivity contribution >= 4 is 65.6 Å². The van der Waals surface area contributed by atoms with E-state index in [0.717, 1.165) is 21.3 Å². The number of hydrogen-bond acceptors (Lipinski definition) is 6. The maximum atomic E-state index is 13.8. The topological polar surface area (TPSA) is 70.6 Å². The molecular weight excluding hydrogens is 522 g/mol. The van der Waals surface area contributed by atoms with E-state index in [4.69, 9.17) is 16.6 Å². The van der Waals surface area contributed by atoms with E-state index < -0.39 is 10.0 Å². The number of aromatic nitrogens is 1. The maximum Gasteiger partial charge on any atom is 0.252 e. The van der Waals surface area contributed by atoms with E-state index in [2.05, 4.69) is 0 Å². The summed E-state index contributed by atoms with van der Waals surface area (Å²) in [5, 5.41) is 2.99. The predicted molar refractivity (Wildman–Crippen MR) is 143 cm³/mol. The van der Waals surface area contributed by atoms with Crippen LogP contribution in [0.1, 0.15) is 24.0 Å². The number of sulfonamides is 1. The van der Waals surface area contributed by atoms with Gasteiger partial charge in [0.15, 0.2) is 5.13 Å². The number of hydrogen-bond donors (Lipinski definition) is 0. The Hall–Kier alpha value is -2.30. The number of halogens is 1. The highest BCUT2D eigenvalue weighted by Crippen LogP contribution is 2.37. The number of carbonyl (C=O) groups excluding carboxylic acids is 1. The molecule has 3 heterocycles. The normalized spacial score (nSPS) is 15.5. The summed E-state index contributed by atoms with van der Waals surface area (Å²) in [6, 6.07) is 17.0. The van der Waals surface area contributed by atoms with E-state index in [1.54, 1.807) is 22.4 Å². The molecule has 10 heteroatoms. The number of rotatable bonds is 6. The van der Waals surface area contributed by atoms with Crippen molar-refractivity contribution in [3.05, 3.63) is 76.1 Å². The number of thiazole rings is 1. The van der Waals surface area contributed by atoms with Gasteiger partial charge in [0.2, 0.25) is 5.91 Å². The largest absolute Gasteiger partial charge is 0.283 e. The van der Waals surface area contributed by atoms with Gasteiger partial charge >= 0.3 is 0 Å². The molecule has 1 amide bonds. The Bertz CT molecular complexity index is 1410. The van der Waals surface area contributed by atoms with Crippen LogP contribution in [0.2, 0.25) is 5.02 Å². The summed E-state index contributed by atoms with van der Waals surface area (Å²) in [4.78, 5) is 20.4. The lowest BCUT2D eigenvalue weighted by atomic mass is 9.96. The lowest BCUT2D eigenvalue weighted by Crippen LogP contribution is -2.44. The maximum absolute atomic E-state index is 13.8. The monoisotopic (exact) mass is 545 g/mol. The summed E-state index contributed by atoms with van der Waals surface area (Å²) in [6.45, 7) is 3.01. The molecule has 6 nitrogen and oxygen atoms in total. The van der Waals surface area contributed by atoms with Crippen LogP contribution in [0.15, 0.2) is 64.2 Å². The van der Waals surface area contributed by atoms with Gasteiger partial charge in [-0.15, -0.1) is 11.3 Å². The van der Waals surface area contributed by atoms with Gasteiger partial charge in [0.05, 0.1) is 21.8 Å². The molecule has 1 aliphatic rings. The number of fused-ring (bicyclic) bond motifs is 1. The van der Waals surface area contributed by atoms with Crippen molar-refractivity contribution in [2.45, 2.75) is 30.5 Å². The second-order valence-electron chi connectivity index (χ2n) is 8.56. The average Bonchev–Trinajstić information content (AvgIpc) is 3.57. The Morgan fingerprint density at radius 1 is 1.11 bits per heavy atom. The first kappa shape index (κ1) is 24.4. The quantitative estimate of drug-likeness (QED) is 0.300. The highest BCUT2D eigenvalue weighted by Gasteiger charge is 2.35. The van der Waals surface area contributed by atoms with Crippen molar-refractivity contribution < 1.29 is 13.2 Å². The van der Waals surface area contributed by atoms with E-state index in [0.29, 0.717) is 46.8 Å². The number of benzene rings is 2. The van der Waals surface area contributed by atoms with Gasteiger partial charge in [0.1, 0.15) is 4.21 Å². The molecule has 1 saturated heterocycles. The van der Waals surface area contributed by atoms with Crippen LogP contribution in [-0.2, 0) is 21.4 Å². The lowest BCUT2D eigenvalue weighted by molar-refractivity contribution is -0.123. The summed E-state index contributed by atoms with van der Waals surface area (Å²) in [7, 11) is -3.51. The number of anilines is 1. The molecule has 0 N–H and O–H groups in total. The zero-order valence-corrected chi connectivity index (χ0v) is 22.3. The predicted octanol–water partition coefficient (Wildman–Crippen LogP) is 5.95. The first-order chi connectivity index (χ1) is 16.8. The van der Waals surface area contributed by atoms with Crippen LogP contribution < -0.4 is 4.90 Å². The molecular formula is C25H24ClN3O3S3. The van der Waals surface area contributed by atoms with Gasteiger partial charge < -0.3 is 0 Å². The molecule has 0 unspecified atom stereocenters. The molecule has 4 aromatic rings. The first-order valence-electron chi connectivity index (χ1n) is 11.3. The average molecular weight is 546 g/mol. The summed E-state index contributed by atoms with van der Waals surface area (Å²) in [5.74, 6) is -0.313. The van der Waals surface area contributed by atoms with Crippen molar-refractivity contribution in [2.75, 3.05) is 18.0 Å². The second-order valence-corrected chi connectivity index (χ2v) is 13.1. The number of amides is 1. The van der Waals surface area contributed by atoms with Crippen LogP contribution in [0.4, 0.5) is 5.13 Å². The van der Waals surface area contributed by atoms with Crippen LogP contribution >= 0.6 is 34.3 Å². The molecule has 2 aromatic heterocycles. The molecule has 0 aliphatic carbocycles. The van der Waals surface area contributed by atoms with Gasteiger partial charge in [-0.25, -0.2) is 13.4 Å². The molecule has 1 fully saturated rings. The molecule has 0 atom stereocenters. The van der Waals surface area contributed by atoms with E-state index in [1.165, 1.54) is 27.0 Å². The van der Waals surface area contributed by atoms with Crippen molar-refractivity contribution in [1.29, 1.82) is 0 Å². The highest BCUT2D eigenvalue weighted by atomic mass is 35.5. The van der Waals surface area contributed by atoms with Crippen molar-refractivity contribution in [3.63, 3.8) is 0 Å². The molecule has 0 bridgehead atoms. The summed E-state index contributed by atoms with van der Waals surface area (Å²) in [5.41, 5.74) is 2.81. The van der Waals surface area contributed by atoms with Crippen molar-refractivity contribution in [2.24, 2.45) is 5.92 Å². The number of piperidine rings is 1. The van der Waals surface area contributed by atoms with Gasteiger partial charge in [0, 0.05) is 19.0 Å². The van der Waals surface area contributed by atoms with E-state index in [-0.39, 0.29) is 11.8 Å². The molecule has 1 aliphatic heterocycles. The Balaban J connectivity index is 1.41. The Morgan fingerprint density at radius 3 is 2.51 bits per heavy atom. The fraction of sp³-hybridized carbons (Fsp3) is 0.280. The number of nitrogens with zero attached hydrogens (tertiary/aromatic N) is 3. The smallest absolute Gasteiger partial charge is 0.252 e. The van der Waals surface area contributed by atoms with Crippen molar-refractivity contribution in [3.8, 4) is 0 Å². The van der Waals surface area contributed by atoms with E-state index in [1.807, 2.05) is 49.4 Å². The number of thiophene rings is 1. The molecule has 0 spiro atoms. The zero-order valence-electron chi connectivity index (χ0n) is 19.1. The summed E-state index contributed by atoms with van der Waals surface area (Å²) < 4.78 is 28.5. The number of carbonyl (C=O) groups is 1. The van der Waals surface area contributed by atoms with E-state index >= 15 is 0 Å². The van der Waals surface area contributed by atoms with Crippen LogP contribution in [0.3, 0.4) is 0 Å². The van der Waals surface area contributed by atoms with Crippen molar-refractivity contribution in [1.82, 2.24) is 9.29 Å². The van der Waals surface area contributed by atoms with Gasteiger partial charge in [-0.05, 0) is 48.4 Å². The third-order valence-electron chi connectivity index (χ3n) is 6.26. The fourth-order valence-electron chi connectivity index (χ4n) is 4.31. The third kappa shape index (κ3) is 4.88. The minimum absolute atomic E-state index is 0.0325. The summed E-state index contributed by atoms with van der Waals surface area (Å²) in [6.07, 6.45) is 0.943. The molecule has 182 valence electrons. The molecule has 2 aromatic carbocycles. The molecule has 5 rings (SSSR count). The van der Waals surface area contributed by atoms with Crippen LogP contribution in [0, 0.1) is 12.8 Å². The standard InChI is InChI=1S/C25H24ClN3O3S3/c1-17-9-10-20(26)23-22(17)27-25(34-23)29(16-18-6-3-2-4-7-18)24(30)19-11-13-28(14-12-19)35(31,32)21-8-5-15-33-21/h2-10,15,19H,11-14,16H2,1H3. The highest BCUT2D eigenvalue weighted by molar-refractivity contribution is 7.91.